The average molecular weight is 340 g/mol. The van der Waals surface area contributed by atoms with Gasteiger partial charge < -0.3 is 5.32 Å². The number of nitrogens with one attached hydrogen (secondary N) is 1. The Bertz CT molecular complexity index is 675. The third kappa shape index (κ3) is 5.44. The van der Waals surface area contributed by atoms with Gasteiger partial charge in [-0.2, -0.15) is 0 Å². The first-order chi connectivity index (χ1) is 12.2. The molecule has 0 saturated carbocycles. The smallest absolute Gasteiger partial charge is 0.142 e. The standard InChI is InChI=1S/C20H25FN4/c1-16(10-17-6-3-2-4-7-17)12-22-13-19-11-18(21)14-25(19)15-20-23-8-5-9-24-20/h2-10,18-19,22H,11-15H2,1H3/b16-10+/t18-,19-/m0/s1. The molecule has 1 fully saturated rings. The van der Waals surface area contributed by atoms with Crippen molar-refractivity contribution in [3.8, 4) is 0 Å². The van der Waals surface area contributed by atoms with Gasteiger partial charge in [-0.15, -0.1) is 0 Å². The van der Waals surface area contributed by atoms with E-state index in [2.05, 4.69) is 45.3 Å². The number of halogens is 1. The lowest BCUT2D eigenvalue weighted by molar-refractivity contribution is 0.226. The summed E-state index contributed by atoms with van der Waals surface area (Å²) >= 11 is 0. The van der Waals surface area contributed by atoms with Gasteiger partial charge in [0, 0.05) is 38.1 Å². The lowest BCUT2D eigenvalue weighted by atomic mass is 10.1. The lowest BCUT2D eigenvalue weighted by Gasteiger charge is -2.23. The van der Waals surface area contributed by atoms with Gasteiger partial charge in [-0.25, -0.2) is 14.4 Å². The van der Waals surface area contributed by atoms with E-state index >= 15 is 0 Å². The Kier molecular flexibility index (Phi) is 6.25. The van der Waals surface area contributed by atoms with Crippen LogP contribution in [0.5, 0.6) is 0 Å². The summed E-state index contributed by atoms with van der Waals surface area (Å²) in [5.74, 6) is 0.752. The summed E-state index contributed by atoms with van der Waals surface area (Å²) in [5.41, 5.74) is 2.47. The van der Waals surface area contributed by atoms with Gasteiger partial charge in [0.1, 0.15) is 12.0 Å². The molecule has 25 heavy (non-hydrogen) atoms. The van der Waals surface area contributed by atoms with Crippen LogP contribution in [0.3, 0.4) is 0 Å². The van der Waals surface area contributed by atoms with Crippen LogP contribution in [0.15, 0.2) is 54.4 Å². The van der Waals surface area contributed by atoms with Crippen molar-refractivity contribution in [2.75, 3.05) is 19.6 Å². The topological polar surface area (TPSA) is 41.0 Å². The van der Waals surface area contributed by atoms with E-state index in [9.17, 15) is 4.39 Å². The molecule has 5 heteroatoms. The van der Waals surface area contributed by atoms with E-state index in [1.54, 1.807) is 18.5 Å². The Morgan fingerprint density at radius 2 is 2.00 bits per heavy atom. The van der Waals surface area contributed by atoms with Crippen molar-refractivity contribution >= 4 is 6.08 Å². The normalized spacial score (nSPS) is 21.6. The Balaban J connectivity index is 1.50. The highest BCUT2D eigenvalue weighted by Gasteiger charge is 2.32. The molecule has 1 saturated heterocycles. The summed E-state index contributed by atoms with van der Waals surface area (Å²) in [6.07, 6.45) is 5.44. The molecule has 1 aromatic carbocycles. The summed E-state index contributed by atoms with van der Waals surface area (Å²) in [5, 5.41) is 3.47. The number of likely N-dealkylation sites (tertiary alicyclic amines) is 1. The molecule has 132 valence electrons. The number of alkyl halides is 1. The van der Waals surface area contributed by atoms with Crippen LogP contribution in [0.4, 0.5) is 4.39 Å². The Hall–Kier alpha value is -2.11. The molecular formula is C20H25FN4. The second-order valence-electron chi connectivity index (χ2n) is 6.61. The van der Waals surface area contributed by atoms with Gasteiger partial charge in [0.25, 0.3) is 0 Å². The molecule has 0 bridgehead atoms. The maximum atomic E-state index is 13.9. The van der Waals surface area contributed by atoms with Gasteiger partial charge in [0.15, 0.2) is 0 Å². The van der Waals surface area contributed by atoms with Crippen molar-refractivity contribution in [3.05, 3.63) is 65.8 Å². The lowest BCUT2D eigenvalue weighted by Crippen LogP contribution is -2.38. The van der Waals surface area contributed by atoms with Gasteiger partial charge in [-0.05, 0) is 25.0 Å². The van der Waals surface area contributed by atoms with Crippen LogP contribution < -0.4 is 5.32 Å². The maximum absolute atomic E-state index is 13.9. The highest BCUT2D eigenvalue weighted by atomic mass is 19.1. The second kappa shape index (κ2) is 8.83. The van der Waals surface area contributed by atoms with Gasteiger partial charge in [-0.3, -0.25) is 4.90 Å². The molecule has 3 rings (SSSR count). The molecule has 4 nitrogen and oxygen atoms in total. The largest absolute Gasteiger partial charge is 0.311 e. The quantitative estimate of drug-likeness (QED) is 0.841. The van der Waals surface area contributed by atoms with Crippen molar-refractivity contribution < 1.29 is 4.39 Å². The molecule has 0 radical (unpaired) electrons. The summed E-state index contributed by atoms with van der Waals surface area (Å²) in [7, 11) is 0. The number of rotatable bonds is 7. The Morgan fingerprint density at radius 3 is 2.76 bits per heavy atom. The van der Waals surface area contributed by atoms with E-state index in [4.69, 9.17) is 0 Å². The Labute approximate surface area is 148 Å². The van der Waals surface area contributed by atoms with Crippen LogP contribution in [0.25, 0.3) is 6.08 Å². The summed E-state index contributed by atoms with van der Waals surface area (Å²) in [4.78, 5) is 10.6. The van der Waals surface area contributed by atoms with Crippen molar-refractivity contribution in [2.24, 2.45) is 0 Å². The third-order valence-electron chi connectivity index (χ3n) is 4.44. The SMILES string of the molecule is C/C(=C\c1ccccc1)CNC[C@@H]1C[C@H](F)CN1Cc1ncccn1. The first kappa shape index (κ1) is 17.7. The van der Waals surface area contributed by atoms with E-state index in [1.807, 2.05) is 18.2 Å². The number of hydrogen-bond acceptors (Lipinski definition) is 4. The van der Waals surface area contributed by atoms with E-state index < -0.39 is 6.17 Å². The second-order valence-corrected chi connectivity index (χ2v) is 6.61. The highest BCUT2D eigenvalue weighted by molar-refractivity contribution is 5.52. The predicted octanol–water partition coefficient (Wildman–Crippen LogP) is 3.08. The highest BCUT2D eigenvalue weighted by Crippen LogP contribution is 2.21. The maximum Gasteiger partial charge on any atom is 0.142 e. The molecule has 0 aliphatic carbocycles. The van der Waals surface area contributed by atoms with E-state index in [-0.39, 0.29) is 6.04 Å². The van der Waals surface area contributed by atoms with Crippen LogP contribution in [-0.2, 0) is 6.54 Å². The Morgan fingerprint density at radius 1 is 1.24 bits per heavy atom. The van der Waals surface area contributed by atoms with Crippen LogP contribution in [0, 0.1) is 0 Å². The summed E-state index contributed by atoms with van der Waals surface area (Å²) in [6, 6.07) is 12.3. The molecular weight excluding hydrogens is 315 g/mol. The average Bonchev–Trinajstić information content (AvgIpc) is 2.96. The first-order valence-electron chi connectivity index (χ1n) is 8.77. The molecule has 0 amide bonds. The number of benzene rings is 1. The number of nitrogens with zero attached hydrogens (tertiary/aromatic N) is 3. The molecule has 2 aromatic rings. The molecule has 0 unspecified atom stereocenters. The fourth-order valence-corrected chi connectivity index (χ4v) is 3.24. The van der Waals surface area contributed by atoms with Crippen LogP contribution in [-0.4, -0.2) is 46.7 Å². The third-order valence-corrected chi connectivity index (χ3v) is 4.44. The van der Waals surface area contributed by atoms with E-state index in [0.717, 1.165) is 18.9 Å². The minimum absolute atomic E-state index is 0.184. The molecule has 0 spiro atoms. The summed E-state index contributed by atoms with van der Waals surface area (Å²) < 4.78 is 13.9. The fourth-order valence-electron chi connectivity index (χ4n) is 3.24. The molecule has 2 atom stereocenters. The van der Waals surface area contributed by atoms with Gasteiger partial charge in [0.2, 0.25) is 0 Å². The molecule has 1 aromatic heterocycles. The molecule has 1 aliphatic heterocycles. The van der Waals surface area contributed by atoms with Gasteiger partial charge in [0.05, 0.1) is 6.54 Å². The van der Waals surface area contributed by atoms with Crippen molar-refractivity contribution in [1.82, 2.24) is 20.2 Å². The number of hydrogen-bond donors (Lipinski definition) is 1. The van der Waals surface area contributed by atoms with Crippen LogP contribution in [0.1, 0.15) is 24.7 Å². The van der Waals surface area contributed by atoms with Gasteiger partial charge in [-0.1, -0.05) is 42.0 Å². The minimum Gasteiger partial charge on any atom is -0.311 e. The van der Waals surface area contributed by atoms with Crippen LogP contribution >= 0.6 is 0 Å². The van der Waals surface area contributed by atoms with E-state index in [0.29, 0.717) is 19.5 Å². The monoisotopic (exact) mass is 340 g/mol. The fraction of sp³-hybridized carbons (Fsp3) is 0.400. The zero-order valence-electron chi connectivity index (χ0n) is 14.6. The van der Waals surface area contributed by atoms with Gasteiger partial charge >= 0.3 is 0 Å². The zero-order valence-corrected chi connectivity index (χ0v) is 14.6. The minimum atomic E-state index is -0.767. The molecule has 1 aliphatic rings. The predicted molar refractivity (Wildman–Crippen MR) is 98.7 cm³/mol. The zero-order chi connectivity index (χ0) is 17.5. The van der Waals surface area contributed by atoms with Crippen molar-refractivity contribution in [2.45, 2.75) is 32.1 Å². The summed E-state index contributed by atoms with van der Waals surface area (Å²) in [6.45, 7) is 4.75. The number of aromatic nitrogens is 2. The van der Waals surface area contributed by atoms with Crippen molar-refractivity contribution in [3.63, 3.8) is 0 Å². The van der Waals surface area contributed by atoms with Crippen molar-refractivity contribution in [1.29, 1.82) is 0 Å². The molecule has 1 N–H and O–H groups in total. The first-order valence-corrected chi connectivity index (χ1v) is 8.77. The van der Waals surface area contributed by atoms with Crippen LogP contribution in [0.2, 0.25) is 0 Å². The molecule has 2 heterocycles. The van der Waals surface area contributed by atoms with E-state index in [1.165, 1.54) is 11.1 Å².